The number of fused-ring (bicyclic) bond motifs is 2. The predicted octanol–water partition coefficient (Wildman–Crippen LogP) is 0.642. The third-order valence-corrected chi connectivity index (χ3v) is 2.07. The third-order valence-electron chi connectivity index (χ3n) is 2.07. The number of hydrogen-bond acceptors (Lipinski definition) is 2. The largest absolute Gasteiger partial charge is 0.295 e. The Morgan fingerprint density at radius 1 is 1.62 bits per heavy atom. The molecule has 8 heavy (non-hydrogen) atoms. The van der Waals surface area contributed by atoms with Gasteiger partial charge >= 0.3 is 0 Å². The molecule has 2 aliphatic rings. The molecule has 0 aromatic rings. The summed E-state index contributed by atoms with van der Waals surface area (Å²) in [5.41, 5.74) is 0. The average Bonchev–Trinajstić information content (AvgIpc) is 2.23. The molecule has 2 aliphatic heterocycles. The van der Waals surface area contributed by atoms with E-state index in [-0.39, 0.29) is 0 Å². The highest BCUT2D eigenvalue weighted by Gasteiger charge is 2.36. The second-order valence-corrected chi connectivity index (χ2v) is 2.80. The van der Waals surface area contributed by atoms with Crippen LogP contribution < -0.4 is 0 Å². The van der Waals surface area contributed by atoms with Gasteiger partial charge < -0.3 is 0 Å². The van der Waals surface area contributed by atoms with Crippen LogP contribution in [-0.2, 0) is 4.84 Å². The van der Waals surface area contributed by atoms with Gasteiger partial charge in [0.1, 0.15) is 0 Å². The molecule has 0 aliphatic carbocycles. The summed E-state index contributed by atoms with van der Waals surface area (Å²) in [4.78, 5) is 5.42. The lowest BCUT2D eigenvalue weighted by molar-refractivity contribution is -0.0913. The van der Waals surface area contributed by atoms with Gasteiger partial charge in [0.2, 0.25) is 0 Å². The summed E-state index contributed by atoms with van der Waals surface area (Å²) in [7, 11) is 0. The van der Waals surface area contributed by atoms with Crippen LogP contribution in [0.5, 0.6) is 0 Å². The summed E-state index contributed by atoms with van der Waals surface area (Å²) in [5, 5.41) is 2.08. The second kappa shape index (κ2) is 1.45. The Morgan fingerprint density at radius 3 is 2.75 bits per heavy atom. The molecule has 0 radical (unpaired) electrons. The summed E-state index contributed by atoms with van der Waals surface area (Å²) in [6.45, 7) is 4.57. The van der Waals surface area contributed by atoms with Crippen molar-refractivity contribution < 1.29 is 4.84 Å². The summed E-state index contributed by atoms with van der Waals surface area (Å²) in [6.07, 6.45) is 1.82. The maximum Gasteiger partial charge on any atom is 0.0844 e. The number of nitrogens with zero attached hydrogens (tertiary/aromatic N) is 1. The summed E-state index contributed by atoms with van der Waals surface area (Å²) >= 11 is 0. The van der Waals surface area contributed by atoms with Gasteiger partial charge in [-0.2, -0.15) is 5.06 Å². The van der Waals surface area contributed by atoms with E-state index in [1.54, 1.807) is 0 Å². The third kappa shape index (κ3) is 0.501. The van der Waals surface area contributed by atoms with Crippen LogP contribution in [0.15, 0.2) is 0 Å². The number of hydrogen-bond donors (Lipinski definition) is 0. The zero-order chi connectivity index (χ0) is 5.56. The molecule has 2 heteroatoms. The minimum atomic E-state index is 0.565. The van der Waals surface area contributed by atoms with Gasteiger partial charge in [-0.15, -0.1) is 0 Å². The van der Waals surface area contributed by atoms with E-state index in [0.717, 1.165) is 19.0 Å². The van der Waals surface area contributed by atoms with E-state index in [1.165, 1.54) is 6.42 Å². The molecular formula is C6H11NO. The normalized spacial score (nSPS) is 52.9. The van der Waals surface area contributed by atoms with Gasteiger partial charge in [-0.05, 0) is 12.3 Å². The molecule has 0 saturated carbocycles. The summed E-state index contributed by atoms with van der Waals surface area (Å²) < 4.78 is 0. The molecule has 0 amide bonds. The van der Waals surface area contributed by atoms with Crippen molar-refractivity contribution in [3.8, 4) is 0 Å². The molecule has 2 bridgehead atoms. The van der Waals surface area contributed by atoms with E-state index in [2.05, 4.69) is 12.0 Å². The van der Waals surface area contributed by atoms with Gasteiger partial charge in [0, 0.05) is 13.1 Å². The Hall–Kier alpha value is -0.0800. The number of rotatable bonds is 0. The fourth-order valence-corrected chi connectivity index (χ4v) is 1.53. The molecule has 2 heterocycles. The monoisotopic (exact) mass is 113 g/mol. The van der Waals surface area contributed by atoms with E-state index >= 15 is 0 Å². The molecule has 0 spiro atoms. The lowest BCUT2D eigenvalue weighted by Gasteiger charge is -2.11. The molecule has 0 N–H and O–H groups in total. The van der Waals surface area contributed by atoms with Crippen molar-refractivity contribution in [2.75, 3.05) is 13.1 Å². The van der Waals surface area contributed by atoms with Gasteiger partial charge in [0.25, 0.3) is 0 Å². The van der Waals surface area contributed by atoms with Crippen LogP contribution in [0.25, 0.3) is 0 Å². The first-order valence-corrected chi connectivity index (χ1v) is 3.28. The van der Waals surface area contributed by atoms with Gasteiger partial charge in [0.15, 0.2) is 0 Å². The van der Waals surface area contributed by atoms with Crippen molar-refractivity contribution in [3.05, 3.63) is 0 Å². The highest BCUT2D eigenvalue weighted by Crippen LogP contribution is 2.28. The highest BCUT2D eigenvalue weighted by molar-refractivity contribution is 4.80. The van der Waals surface area contributed by atoms with E-state index in [4.69, 9.17) is 4.84 Å². The van der Waals surface area contributed by atoms with Crippen LogP contribution in [0.1, 0.15) is 13.3 Å². The van der Waals surface area contributed by atoms with E-state index < -0.39 is 0 Å². The lowest BCUT2D eigenvalue weighted by Crippen LogP contribution is -2.22. The molecule has 2 saturated heterocycles. The molecule has 46 valence electrons. The predicted molar refractivity (Wildman–Crippen MR) is 30.2 cm³/mol. The van der Waals surface area contributed by atoms with Crippen LogP contribution in [0.4, 0.5) is 0 Å². The lowest BCUT2D eigenvalue weighted by atomic mass is 10.0. The Labute approximate surface area is 49.4 Å². The maximum atomic E-state index is 5.42. The van der Waals surface area contributed by atoms with Crippen molar-refractivity contribution in [1.29, 1.82) is 0 Å². The van der Waals surface area contributed by atoms with Crippen LogP contribution >= 0.6 is 0 Å². The molecule has 1 unspecified atom stereocenters. The molecular weight excluding hydrogens is 102 g/mol. The molecule has 0 aromatic carbocycles. The molecule has 2 nitrogen and oxygen atoms in total. The van der Waals surface area contributed by atoms with Crippen LogP contribution in [0.2, 0.25) is 0 Å². The zero-order valence-corrected chi connectivity index (χ0v) is 5.13. The van der Waals surface area contributed by atoms with Crippen LogP contribution in [-0.4, -0.2) is 24.3 Å². The van der Waals surface area contributed by atoms with Crippen molar-refractivity contribution >= 4 is 0 Å². The van der Waals surface area contributed by atoms with Gasteiger partial charge in [-0.3, -0.25) is 4.84 Å². The molecule has 2 rings (SSSR count). The van der Waals surface area contributed by atoms with Gasteiger partial charge in [-0.1, -0.05) is 6.92 Å². The minimum absolute atomic E-state index is 0.565. The maximum absolute atomic E-state index is 5.42. The SMILES string of the molecule is C[C@H]1CN2CC[C@H]1O2. The van der Waals surface area contributed by atoms with Crippen molar-refractivity contribution in [2.45, 2.75) is 19.4 Å². The number of hydroxylamine groups is 2. The van der Waals surface area contributed by atoms with E-state index in [9.17, 15) is 0 Å². The van der Waals surface area contributed by atoms with E-state index in [1.807, 2.05) is 0 Å². The van der Waals surface area contributed by atoms with Crippen molar-refractivity contribution in [2.24, 2.45) is 5.92 Å². The highest BCUT2D eigenvalue weighted by atomic mass is 16.7. The zero-order valence-electron chi connectivity index (χ0n) is 5.13. The average molecular weight is 113 g/mol. The Morgan fingerprint density at radius 2 is 2.50 bits per heavy atom. The quantitative estimate of drug-likeness (QED) is 0.457. The second-order valence-electron chi connectivity index (χ2n) is 2.80. The fraction of sp³-hybridized carbons (Fsp3) is 1.00. The first-order valence-electron chi connectivity index (χ1n) is 3.28. The van der Waals surface area contributed by atoms with Gasteiger partial charge in [-0.25, -0.2) is 0 Å². The Bertz CT molecular complexity index is 103. The Balaban J connectivity index is 2.11. The Kier molecular flexibility index (Phi) is 0.866. The number of piperidine rings is 1. The summed E-state index contributed by atoms with van der Waals surface area (Å²) in [6, 6.07) is 0. The summed E-state index contributed by atoms with van der Waals surface area (Å²) in [5.74, 6) is 0.781. The van der Waals surface area contributed by atoms with Crippen molar-refractivity contribution in [3.63, 3.8) is 0 Å². The first-order chi connectivity index (χ1) is 3.86. The molecule has 3 atom stereocenters. The van der Waals surface area contributed by atoms with Crippen LogP contribution in [0, 0.1) is 5.92 Å². The fourth-order valence-electron chi connectivity index (χ4n) is 1.53. The smallest absolute Gasteiger partial charge is 0.0844 e. The molecule has 0 aromatic heterocycles. The van der Waals surface area contributed by atoms with Crippen LogP contribution in [0.3, 0.4) is 0 Å². The van der Waals surface area contributed by atoms with E-state index in [0.29, 0.717) is 6.10 Å². The minimum Gasteiger partial charge on any atom is -0.295 e. The first kappa shape index (κ1) is 4.77. The van der Waals surface area contributed by atoms with Gasteiger partial charge in [0.05, 0.1) is 6.10 Å². The molecule has 2 fully saturated rings. The van der Waals surface area contributed by atoms with Crippen molar-refractivity contribution in [1.82, 2.24) is 5.06 Å². The standard InChI is InChI=1S/C6H11NO/c1-5-4-7-3-2-6(5)8-7/h5-6H,2-4H2,1H3/t5-,6+/m0/s1. The topological polar surface area (TPSA) is 12.5 Å².